The molecule has 0 aliphatic carbocycles. The minimum absolute atomic E-state index is 0.131. The molecule has 3 rings (SSSR count). The van der Waals surface area contributed by atoms with Crippen molar-refractivity contribution >= 4 is 11.6 Å². The van der Waals surface area contributed by atoms with Crippen molar-refractivity contribution in [2.24, 2.45) is 0 Å². The highest BCUT2D eigenvalue weighted by atomic mass is 16.5. The summed E-state index contributed by atoms with van der Waals surface area (Å²) in [7, 11) is 1.49. The molecule has 0 aliphatic heterocycles. The van der Waals surface area contributed by atoms with Gasteiger partial charge in [0, 0.05) is 16.7 Å². The van der Waals surface area contributed by atoms with Crippen LogP contribution >= 0.6 is 0 Å². The van der Waals surface area contributed by atoms with Crippen LogP contribution in [0.2, 0.25) is 0 Å². The molecule has 0 atom stereocenters. The zero-order chi connectivity index (χ0) is 17.8. The van der Waals surface area contributed by atoms with Gasteiger partial charge in [-0.3, -0.25) is 9.59 Å². The second-order valence-corrected chi connectivity index (χ2v) is 5.45. The zero-order valence-corrected chi connectivity index (χ0v) is 13.6. The molecule has 0 saturated heterocycles. The Kier molecular flexibility index (Phi) is 4.61. The van der Waals surface area contributed by atoms with Crippen LogP contribution in [0.4, 0.5) is 0 Å². The Morgan fingerprint density at radius 2 is 1.44 bits per heavy atom. The number of aromatic hydroxyl groups is 1. The van der Waals surface area contributed by atoms with Crippen LogP contribution in [0.5, 0.6) is 11.5 Å². The number of carbonyl (C=O) groups excluding carboxylic acids is 2. The van der Waals surface area contributed by atoms with Gasteiger partial charge in [0.1, 0.15) is 11.5 Å². The number of para-hydroxylation sites is 1. The fourth-order valence-electron chi connectivity index (χ4n) is 2.59. The lowest BCUT2D eigenvalue weighted by atomic mass is 9.93. The third-order valence-corrected chi connectivity index (χ3v) is 3.90. The molecule has 0 aliphatic rings. The summed E-state index contributed by atoms with van der Waals surface area (Å²) in [6, 6.07) is 19.7. The Morgan fingerprint density at radius 3 is 2.12 bits per heavy atom. The molecule has 0 aromatic heterocycles. The smallest absolute Gasteiger partial charge is 0.197 e. The van der Waals surface area contributed by atoms with Gasteiger partial charge in [-0.05, 0) is 30.3 Å². The van der Waals surface area contributed by atoms with E-state index in [1.54, 1.807) is 48.5 Å². The molecular weight excluding hydrogens is 316 g/mol. The average molecular weight is 332 g/mol. The van der Waals surface area contributed by atoms with Gasteiger partial charge < -0.3 is 9.84 Å². The standard InChI is InChI=1S/C21H16O4/c1-25-15-11-12-16(20(23)14-7-3-2-4-8-14)18(13-15)21(24)17-9-5-6-10-19(17)22/h2-13,22H,1H3. The summed E-state index contributed by atoms with van der Waals surface area (Å²) < 4.78 is 5.19. The van der Waals surface area contributed by atoms with Gasteiger partial charge in [-0.15, -0.1) is 0 Å². The second kappa shape index (κ2) is 7.01. The van der Waals surface area contributed by atoms with Gasteiger partial charge in [0.15, 0.2) is 11.6 Å². The van der Waals surface area contributed by atoms with Gasteiger partial charge in [0.05, 0.1) is 12.7 Å². The molecule has 0 amide bonds. The summed E-state index contributed by atoms with van der Waals surface area (Å²) in [4.78, 5) is 25.8. The SMILES string of the molecule is COc1ccc(C(=O)c2ccccc2)c(C(=O)c2ccccc2O)c1. The predicted molar refractivity (Wildman–Crippen MR) is 94.4 cm³/mol. The van der Waals surface area contributed by atoms with Crippen molar-refractivity contribution in [2.75, 3.05) is 7.11 Å². The van der Waals surface area contributed by atoms with Crippen molar-refractivity contribution in [1.29, 1.82) is 0 Å². The first-order valence-electron chi connectivity index (χ1n) is 7.72. The first kappa shape index (κ1) is 16.5. The van der Waals surface area contributed by atoms with E-state index in [1.807, 2.05) is 6.07 Å². The minimum atomic E-state index is -0.434. The van der Waals surface area contributed by atoms with Gasteiger partial charge >= 0.3 is 0 Å². The van der Waals surface area contributed by atoms with Crippen LogP contribution in [0.3, 0.4) is 0 Å². The van der Waals surface area contributed by atoms with Crippen LogP contribution in [-0.4, -0.2) is 23.8 Å². The maximum absolute atomic E-state index is 12.9. The molecular formula is C21H16O4. The second-order valence-electron chi connectivity index (χ2n) is 5.45. The lowest BCUT2D eigenvalue weighted by Gasteiger charge is -2.11. The van der Waals surface area contributed by atoms with Crippen molar-refractivity contribution in [3.63, 3.8) is 0 Å². The molecule has 4 nitrogen and oxygen atoms in total. The Bertz CT molecular complexity index is 930. The number of phenolic OH excluding ortho intramolecular Hbond substituents is 1. The first-order chi connectivity index (χ1) is 12.1. The van der Waals surface area contributed by atoms with Crippen LogP contribution in [0.1, 0.15) is 31.8 Å². The average Bonchev–Trinajstić information content (AvgIpc) is 2.67. The van der Waals surface area contributed by atoms with Crippen molar-refractivity contribution in [3.05, 3.63) is 95.1 Å². The molecule has 124 valence electrons. The summed E-state index contributed by atoms with van der Waals surface area (Å²) in [5.41, 5.74) is 1.08. The van der Waals surface area contributed by atoms with Crippen molar-refractivity contribution < 1.29 is 19.4 Å². The number of rotatable bonds is 5. The predicted octanol–water partition coefficient (Wildman–Crippen LogP) is 3.86. The van der Waals surface area contributed by atoms with E-state index in [4.69, 9.17) is 4.74 Å². The van der Waals surface area contributed by atoms with Crippen LogP contribution in [0.15, 0.2) is 72.8 Å². The largest absolute Gasteiger partial charge is 0.507 e. The number of benzene rings is 3. The van der Waals surface area contributed by atoms with Crippen molar-refractivity contribution in [2.45, 2.75) is 0 Å². The molecule has 0 saturated carbocycles. The molecule has 0 bridgehead atoms. The van der Waals surface area contributed by atoms with E-state index < -0.39 is 5.78 Å². The number of carbonyl (C=O) groups is 2. The van der Waals surface area contributed by atoms with E-state index in [1.165, 1.54) is 25.3 Å². The maximum Gasteiger partial charge on any atom is 0.197 e. The lowest BCUT2D eigenvalue weighted by molar-refractivity contribution is 0.100. The van der Waals surface area contributed by atoms with Gasteiger partial charge in [-0.1, -0.05) is 42.5 Å². The molecule has 3 aromatic rings. The van der Waals surface area contributed by atoms with Crippen molar-refractivity contribution in [1.82, 2.24) is 0 Å². The zero-order valence-electron chi connectivity index (χ0n) is 13.6. The maximum atomic E-state index is 12.9. The van der Waals surface area contributed by atoms with Crippen LogP contribution in [-0.2, 0) is 0 Å². The molecule has 0 unspecified atom stereocenters. The molecule has 0 radical (unpaired) electrons. The number of phenols is 1. The van der Waals surface area contributed by atoms with E-state index in [2.05, 4.69) is 0 Å². The third kappa shape index (κ3) is 3.28. The Balaban J connectivity index is 2.13. The molecule has 0 heterocycles. The Labute approximate surface area is 145 Å². The highest BCUT2D eigenvalue weighted by Gasteiger charge is 2.22. The summed E-state index contributed by atoms with van der Waals surface area (Å²) in [5, 5.41) is 9.98. The van der Waals surface area contributed by atoms with Gasteiger partial charge in [-0.25, -0.2) is 0 Å². The number of methoxy groups -OCH3 is 1. The topological polar surface area (TPSA) is 63.6 Å². The van der Waals surface area contributed by atoms with Crippen LogP contribution < -0.4 is 4.74 Å². The molecule has 3 aromatic carbocycles. The number of hydrogen-bond acceptors (Lipinski definition) is 4. The summed E-state index contributed by atoms with van der Waals surface area (Å²) in [6.45, 7) is 0. The first-order valence-corrected chi connectivity index (χ1v) is 7.72. The molecule has 0 spiro atoms. The highest BCUT2D eigenvalue weighted by molar-refractivity contribution is 6.20. The minimum Gasteiger partial charge on any atom is -0.507 e. The van der Waals surface area contributed by atoms with Crippen LogP contribution in [0.25, 0.3) is 0 Å². The molecule has 1 N–H and O–H groups in total. The van der Waals surface area contributed by atoms with Gasteiger partial charge in [0.2, 0.25) is 0 Å². The Morgan fingerprint density at radius 1 is 0.760 bits per heavy atom. The summed E-state index contributed by atoms with van der Waals surface area (Å²) >= 11 is 0. The summed E-state index contributed by atoms with van der Waals surface area (Å²) in [6.07, 6.45) is 0. The number of ether oxygens (including phenoxy) is 1. The lowest BCUT2D eigenvalue weighted by Crippen LogP contribution is -2.11. The normalized spacial score (nSPS) is 10.3. The summed E-state index contributed by atoms with van der Waals surface area (Å²) in [5.74, 6) is -0.366. The number of ketones is 2. The Hall–Kier alpha value is -3.40. The fourth-order valence-corrected chi connectivity index (χ4v) is 2.59. The third-order valence-electron chi connectivity index (χ3n) is 3.90. The monoisotopic (exact) mass is 332 g/mol. The van der Waals surface area contributed by atoms with Crippen molar-refractivity contribution in [3.8, 4) is 11.5 Å². The van der Waals surface area contributed by atoms with Gasteiger partial charge in [-0.2, -0.15) is 0 Å². The van der Waals surface area contributed by atoms with E-state index in [0.717, 1.165) is 0 Å². The van der Waals surface area contributed by atoms with E-state index in [9.17, 15) is 14.7 Å². The quantitative estimate of drug-likeness (QED) is 0.721. The van der Waals surface area contributed by atoms with E-state index in [-0.39, 0.29) is 28.2 Å². The van der Waals surface area contributed by atoms with E-state index in [0.29, 0.717) is 11.3 Å². The highest BCUT2D eigenvalue weighted by Crippen LogP contribution is 2.26. The molecule has 4 heteroatoms. The number of hydrogen-bond donors (Lipinski definition) is 1. The molecule has 0 fully saturated rings. The fraction of sp³-hybridized carbons (Fsp3) is 0.0476. The van der Waals surface area contributed by atoms with Gasteiger partial charge in [0.25, 0.3) is 0 Å². The molecule has 25 heavy (non-hydrogen) atoms. The van der Waals surface area contributed by atoms with Crippen LogP contribution in [0, 0.1) is 0 Å². The van der Waals surface area contributed by atoms with E-state index >= 15 is 0 Å².